The van der Waals surface area contributed by atoms with E-state index in [0.717, 1.165) is 55.0 Å². The summed E-state index contributed by atoms with van der Waals surface area (Å²) in [6.45, 7) is 0. The van der Waals surface area contributed by atoms with Gasteiger partial charge in [0.05, 0.1) is 61.7 Å². The SMILES string of the molecule is N#Cc1ccc2c(c1)c1cc(C#N)ccc1n2-c1cccc(-n2c3ccc(C#N)cc3c3ccc4c5ccccc5sc4c32)c1. The molecule has 5 nitrogen and oxygen atoms in total. The Labute approximate surface area is 260 Å². The van der Waals surface area contributed by atoms with E-state index in [-0.39, 0.29) is 0 Å². The maximum Gasteiger partial charge on any atom is 0.0991 e. The normalized spacial score (nSPS) is 11.5. The summed E-state index contributed by atoms with van der Waals surface area (Å²) in [5.74, 6) is 0. The Bertz CT molecular complexity index is 2790. The molecule has 0 aliphatic carbocycles. The second-order valence-corrected chi connectivity index (χ2v) is 12.2. The van der Waals surface area contributed by atoms with Gasteiger partial charge in [-0.25, -0.2) is 0 Å². The first-order chi connectivity index (χ1) is 22.2. The molecule has 0 atom stereocenters. The van der Waals surface area contributed by atoms with Gasteiger partial charge in [-0.15, -0.1) is 11.3 Å². The first-order valence-electron chi connectivity index (χ1n) is 14.4. The molecular formula is C39H19N5S. The van der Waals surface area contributed by atoms with Gasteiger partial charge in [-0.2, -0.15) is 15.8 Å². The van der Waals surface area contributed by atoms with E-state index >= 15 is 0 Å². The summed E-state index contributed by atoms with van der Waals surface area (Å²) in [6.07, 6.45) is 0. The average Bonchev–Trinajstić information content (AvgIpc) is 3.75. The summed E-state index contributed by atoms with van der Waals surface area (Å²) in [5.41, 5.74) is 7.83. The van der Waals surface area contributed by atoms with Crippen molar-refractivity contribution in [1.29, 1.82) is 15.8 Å². The van der Waals surface area contributed by atoms with Gasteiger partial charge in [-0.05, 0) is 78.9 Å². The van der Waals surface area contributed by atoms with Gasteiger partial charge in [-0.3, -0.25) is 0 Å². The molecule has 0 unspecified atom stereocenters. The highest BCUT2D eigenvalue weighted by atomic mass is 32.1. The average molecular weight is 590 g/mol. The van der Waals surface area contributed by atoms with E-state index in [0.29, 0.717) is 16.7 Å². The Kier molecular flexibility index (Phi) is 5.20. The molecule has 0 bridgehead atoms. The van der Waals surface area contributed by atoms with Crippen LogP contribution in [-0.2, 0) is 0 Å². The summed E-state index contributed by atoms with van der Waals surface area (Å²) < 4.78 is 6.97. The molecule has 0 saturated heterocycles. The third-order valence-corrected chi connectivity index (χ3v) is 9.96. The molecular weight excluding hydrogens is 571 g/mol. The molecule has 6 heteroatoms. The van der Waals surface area contributed by atoms with Gasteiger partial charge in [0.15, 0.2) is 0 Å². The standard InChI is InChI=1S/C39H19N5S/c40-20-23-10-15-36-31(16-23)29-11-12-30-28-6-1-2-7-37(28)45-39(30)38(29)44(36)27-5-3-4-26(19-27)43-34-13-8-24(21-41)17-32(34)33-18-25(22-42)9-14-35(33)43/h1-19H. The van der Waals surface area contributed by atoms with Crippen LogP contribution in [-0.4, -0.2) is 9.13 Å². The third kappa shape index (κ3) is 3.51. The minimum absolute atomic E-state index is 0.576. The molecule has 0 aliphatic rings. The zero-order chi connectivity index (χ0) is 30.2. The molecule has 3 heterocycles. The van der Waals surface area contributed by atoms with Crippen molar-refractivity contribution >= 4 is 75.1 Å². The zero-order valence-corrected chi connectivity index (χ0v) is 24.4. The first-order valence-corrected chi connectivity index (χ1v) is 15.3. The van der Waals surface area contributed by atoms with Crippen molar-refractivity contribution in [3.05, 3.63) is 132 Å². The second-order valence-electron chi connectivity index (χ2n) is 11.2. The fraction of sp³-hybridized carbons (Fsp3) is 0. The Morgan fingerprint density at radius 2 is 0.978 bits per heavy atom. The molecule has 0 radical (unpaired) electrons. The van der Waals surface area contributed by atoms with E-state index in [4.69, 9.17) is 0 Å². The van der Waals surface area contributed by atoms with Crippen molar-refractivity contribution in [2.75, 3.05) is 0 Å². The van der Waals surface area contributed by atoms with Crippen molar-refractivity contribution in [3.8, 4) is 29.6 Å². The number of rotatable bonds is 2. The first kappa shape index (κ1) is 25.1. The summed E-state index contributed by atoms with van der Waals surface area (Å²) in [6, 6.07) is 45.6. The topological polar surface area (TPSA) is 81.2 Å². The lowest BCUT2D eigenvalue weighted by molar-refractivity contribution is 1.14. The number of benzene rings is 6. The molecule has 9 aromatic rings. The number of thiophene rings is 1. The van der Waals surface area contributed by atoms with Crippen LogP contribution in [0.15, 0.2) is 115 Å². The van der Waals surface area contributed by atoms with E-state index in [1.54, 1.807) is 11.3 Å². The van der Waals surface area contributed by atoms with Crippen LogP contribution in [0.4, 0.5) is 0 Å². The van der Waals surface area contributed by atoms with E-state index in [9.17, 15) is 15.8 Å². The molecule has 45 heavy (non-hydrogen) atoms. The Balaban J connectivity index is 1.38. The van der Waals surface area contributed by atoms with Crippen LogP contribution in [0.3, 0.4) is 0 Å². The van der Waals surface area contributed by atoms with Gasteiger partial charge in [0.25, 0.3) is 0 Å². The van der Waals surface area contributed by atoms with Crippen LogP contribution in [0.1, 0.15) is 16.7 Å². The predicted molar refractivity (Wildman–Crippen MR) is 182 cm³/mol. The molecule has 3 aromatic heterocycles. The smallest absolute Gasteiger partial charge is 0.0991 e. The van der Waals surface area contributed by atoms with Crippen LogP contribution in [0.2, 0.25) is 0 Å². The van der Waals surface area contributed by atoms with Crippen LogP contribution in [0.25, 0.3) is 75.2 Å². The molecule has 0 spiro atoms. The van der Waals surface area contributed by atoms with Crippen LogP contribution >= 0.6 is 11.3 Å². The highest BCUT2D eigenvalue weighted by molar-refractivity contribution is 7.26. The quantitative estimate of drug-likeness (QED) is 0.201. The van der Waals surface area contributed by atoms with Crippen molar-refractivity contribution in [1.82, 2.24) is 9.13 Å². The second kappa shape index (κ2) is 9.30. The van der Waals surface area contributed by atoms with Crippen LogP contribution < -0.4 is 0 Å². The van der Waals surface area contributed by atoms with Gasteiger partial charge >= 0.3 is 0 Å². The van der Waals surface area contributed by atoms with Gasteiger partial charge in [0.2, 0.25) is 0 Å². The van der Waals surface area contributed by atoms with Crippen molar-refractivity contribution < 1.29 is 0 Å². The largest absolute Gasteiger partial charge is 0.309 e. The fourth-order valence-electron chi connectivity index (χ4n) is 6.83. The Hall–Kier alpha value is -6.39. The molecule has 0 amide bonds. The molecule has 0 aliphatic heterocycles. The van der Waals surface area contributed by atoms with Gasteiger partial charge in [0.1, 0.15) is 0 Å². The van der Waals surface area contributed by atoms with E-state index in [1.807, 2.05) is 54.6 Å². The predicted octanol–water partition coefficient (Wildman–Crippen LogP) is 9.86. The number of hydrogen-bond acceptors (Lipinski definition) is 4. The van der Waals surface area contributed by atoms with E-state index in [2.05, 4.69) is 88.0 Å². The fourth-order valence-corrected chi connectivity index (χ4v) is 8.07. The maximum atomic E-state index is 9.75. The number of hydrogen-bond donors (Lipinski definition) is 0. The van der Waals surface area contributed by atoms with Gasteiger partial charge < -0.3 is 9.13 Å². The number of aromatic nitrogens is 2. The Morgan fingerprint density at radius 1 is 0.444 bits per heavy atom. The van der Waals surface area contributed by atoms with Crippen molar-refractivity contribution in [3.63, 3.8) is 0 Å². The lowest BCUT2D eigenvalue weighted by Gasteiger charge is -2.13. The molecule has 9 rings (SSSR count). The monoisotopic (exact) mass is 589 g/mol. The molecule has 0 N–H and O–H groups in total. The summed E-state index contributed by atoms with van der Waals surface area (Å²) >= 11 is 1.79. The lowest BCUT2D eigenvalue weighted by Crippen LogP contribution is -1.98. The summed E-state index contributed by atoms with van der Waals surface area (Å²) in [7, 11) is 0. The highest BCUT2D eigenvalue weighted by Gasteiger charge is 2.20. The number of nitriles is 3. The van der Waals surface area contributed by atoms with Crippen LogP contribution in [0.5, 0.6) is 0 Å². The lowest BCUT2D eigenvalue weighted by atomic mass is 10.1. The number of nitrogens with zero attached hydrogens (tertiary/aromatic N) is 5. The highest BCUT2D eigenvalue weighted by Crippen LogP contribution is 2.43. The minimum Gasteiger partial charge on any atom is -0.309 e. The molecule has 206 valence electrons. The Morgan fingerprint density at radius 3 is 1.60 bits per heavy atom. The maximum absolute atomic E-state index is 9.75. The van der Waals surface area contributed by atoms with Crippen molar-refractivity contribution in [2.45, 2.75) is 0 Å². The summed E-state index contributed by atoms with van der Waals surface area (Å²) in [5, 5.41) is 35.5. The van der Waals surface area contributed by atoms with Crippen molar-refractivity contribution in [2.24, 2.45) is 0 Å². The molecule has 0 saturated carbocycles. The van der Waals surface area contributed by atoms with Crippen LogP contribution in [0, 0.1) is 34.0 Å². The zero-order valence-electron chi connectivity index (χ0n) is 23.6. The number of fused-ring (bicyclic) bond motifs is 10. The van der Waals surface area contributed by atoms with Gasteiger partial charge in [-0.1, -0.05) is 36.4 Å². The summed E-state index contributed by atoms with van der Waals surface area (Å²) in [4.78, 5) is 0. The van der Waals surface area contributed by atoms with E-state index < -0.39 is 0 Å². The molecule has 0 fully saturated rings. The van der Waals surface area contributed by atoms with Gasteiger partial charge in [0, 0.05) is 48.4 Å². The third-order valence-electron chi connectivity index (χ3n) is 8.77. The minimum atomic E-state index is 0.576. The van der Waals surface area contributed by atoms with E-state index in [1.165, 1.54) is 20.2 Å². The molecule has 6 aromatic carbocycles.